The monoisotopic (exact) mass is 261 g/mol. The van der Waals surface area contributed by atoms with Crippen LogP contribution in [0.25, 0.3) is 0 Å². The van der Waals surface area contributed by atoms with E-state index in [9.17, 15) is 4.79 Å². The minimum atomic E-state index is -0.0378. The van der Waals surface area contributed by atoms with E-state index in [0.29, 0.717) is 5.78 Å². The second-order valence-electron chi connectivity index (χ2n) is 6.73. The van der Waals surface area contributed by atoms with E-state index in [-0.39, 0.29) is 5.41 Å². The third-order valence-electron chi connectivity index (χ3n) is 5.46. The summed E-state index contributed by atoms with van der Waals surface area (Å²) < 4.78 is 0. The van der Waals surface area contributed by atoms with Crippen molar-refractivity contribution >= 4 is 22.1 Å². The van der Waals surface area contributed by atoms with E-state index in [4.69, 9.17) is 5.73 Å². The lowest BCUT2D eigenvalue weighted by atomic mass is 9.48. The molecule has 1 aromatic rings. The van der Waals surface area contributed by atoms with Gasteiger partial charge in [-0.05, 0) is 67.7 Å². The van der Waals surface area contributed by atoms with Gasteiger partial charge in [-0.15, -0.1) is 11.3 Å². The smallest absolute Gasteiger partial charge is 0.171 e. The van der Waals surface area contributed by atoms with Crippen molar-refractivity contribution in [3.63, 3.8) is 0 Å². The standard InChI is InChI=1S/C15H19NOS/c16-14-12(1-2-18-14)13(17)15-6-9-3-10(7-15)5-11(4-9)8-15/h1-2,9-11H,3-8,16H2. The maximum Gasteiger partial charge on any atom is 0.171 e. The Kier molecular flexibility index (Phi) is 2.20. The first kappa shape index (κ1) is 11.0. The van der Waals surface area contributed by atoms with Crippen molar-refractivity contribution in [3.8, 4) is 0 Å². The first-order valence-electron chi connectivity index (χ1n) is 7.04. The molecule has 4 saturated carbocycles. The first-order valence-corrected chi connectivity index (χ1v) is 7.92. The highest BCUT2D eigenvalue weighted by atomic mass is 32.1. The fraction of sp³-hybridized carbons (Fsp3) is 0.667. The lowest BCUT2D eigenvalue weighted by Crippen LogP contribution is -2.50. The summed E-state index contributed by atoms with van der Waals surface area (Å²) in [6, 6.07) is 1.93. The van der Waals surface area contributed by atoms with Crippen LogP contribution in [0, 0.1) is 23.2 Å². The van der Waals surface area contributed by atoms with Crippen LogP contribution in [-0.2, 0) is 0 Å². The largest absolute Gasteiger partial charge is 0.390 e. The molecule has 4 aliphatic rings. The molecule has 4 fully saturated rings. The number of nitrogens with two attached hydrogens (primary N) is 1. The summed E-state index contributed by atoms with van der Waals surface area (Å²) in [6.45, 7) is 0. The molecule has 4 bridgehead atoms. The zero-order valence-electron chi connectivity index (χ0n) is 10.5. The molecular formula is C15H19NOS. The van der Waals surface area contributed by atoms with E-state index >= 15 is 0 Å². The van der Waals surface area contributed by atoms with Gasteiger partial charge in [0.05, 0.1) is 10.6 Å². The van der Waals surface area contributed by atoms with Crippen molar-refractivity contribution < 1.29 is 4.79 Å². The van der Waals surface area contributed by atoms with Gasteiger partial charge in [0.25, 0.3) is 0 Å². The van der Waals surface area contributed by atoms with Crippen molar-refractivity contribution in [2.45, 2.75) is 38.5 Å². The molecule has 0 atom stereocenters. The average Bonchev–Trinajstić information content (AvgIpc) is 2.72. The number of hydrogen-bond acceptors (Lipinski definition) is 3. The summed E-state index contributed by atoms with van der Waals surface area (Å²) in [6.07, 6.45) is 7.54. The number of hydrogen-bond donors (Lipinski definition) is 1. The minimum absolute atomic E-state index is 0.0378. The van der Waals surface area contributed by atoms with Crippen molar-refractivity contribution in [1.29, 1.82) is 0 Å². The van der Waals surface area contributed by atoms with Gasteiger partial charge in [0.2, 0.25) is 0 Å². The number of carbonyl (C=O) groups excluding carboxylic acids is 1. The summed E-state index contributed by atoms with van der Waals surface area (Å²) in [4.78, 5) is 12.9. The number of carbonyl (C=O) groups is 1. The summed E-state index contributed by atoms with van der Waals surface area (Å²) in [5, 5.41) is 2.67. The van der Waals surface area contributed by atoms with Gasteiger partial charge in [0.1, 0.15) is 0 Å². The Morgan fingerprint density at radius 1 is 1.17 bits per heavy atom. The van der Waals surface area contributed by atoms with Gasteiger partial charge < -0.3 is 5.73 Å². The van der Waals surface area contributed by atoms with E-state index < -0.39 is 0 Å². The van der Waals surface area contributed by atoms with Crippen LogP contribution < -0.4 is 5.73 Å². The van der Waals surface area contributed by atoms with Gasteiger partial charge in [-0.3, -0.25) is 4.79 Å². The Hall–Kier alpha value is -0.830. The van der Waals surface area contributed by atoms with Gasteiger partial charge >= 0.3 is 0 Å². The predicted octanol–water partition coefficient (Wildman–Crippen LogP) is 3.73. The Bertz CT molecular complexity index is 469. The molecule has 2 nitrogen and oxygen atoms in total. The van der Waals surface area contributed by atoms with E-state index in [0.717, 1.165) is 47.6 Å². The Morgan fingerprint density at radius 2 is 1.72 bits per heavy atom. The second-order valence-corrected chi connectivity index (χ2v) is 7.67. The summed E-state index contributed by atoms with van der Waals surface area (Å²) in [7, 11) is 0. The van der Waals surface area contributed by atoms with E-state index in [1.807, 2.05) is 11.4 Å². The molecule has 0 aromatic carbocycles. The minimum Gasteiger partial charge on any atom is -0.390 e. The number of anilines is 1. The highest BCUT2D eigenvalue weighted by Crippen LogP contribution is 2.61. The molecule has 3 heteroatoms. The molecule has 1 aromatic heterocycles. The van der Waals surface area contributed by atoms with Gasteiger partial charge in [-0.2, -0.15) is 0 Å². The fourth-order valence-electron chi connectivity index (χ4n) is 5.18. The van der Waals surface area contributed by atoms with Crippen LogP contribution in [-0.4, -0.2) is 5.78 Å². The molecule has 0 radical (unpaired) electrons. The first-order chi connectivity index (χ1) is 8.66. The van der Waals surface area contributed by atoms with Crippen molar-refractivity contribution in [1.82, 2.24) is 0 Å². The zero-order chi connectivity index (χ0) is 12.3. The molecule has 18 heavy (non-hydrogen) atoms. The number of ketones is 1. The van der Waals surface area contributed by atoms with Crippen LogP contribution in [0.1, 0.15) is 48.9 Å². The number of thiophene rings is 1. The SMILES string of the molecule is Nc1sccc1C(=O)C12CC3CC(CC(C3)C1)C2. The lowest BCUT2D eigenvalue weighted by molar-refractivity contribution is -0.0352. The fourth-order valence-corrected chi connectivity index (χ4v) is 5.82. The summed E-state index contributed by atoms with van der Waals surface area (Å²) in [5.74, 6) is 2.82. The maximum absolute atomic E-state index is 12.9. The molecule has 0 aliphatic heterocycles. The number of Topliss-reactive ketones (excluding diaryl/α,β-unsaturated/α-hetero) is 1. The third-order valence-corrected chi connectivity index (χ3v) is 6.21. The highest BCUT2D eigenvalue weighted by molar-refractivity contribution is 7.14. The molecule has 4 aliphatic carbocycles. The summed E-state index contributed by atoms with van der Waals surface area (Å²) >= 11 is 1.49. The van der Waals surface area contributed by atoms with Gasteiger partial charge in [-0.25, -0.2) is 0 Å². The highest BCUT2D eigenvalue weighted by Gasteiger charge is 2.54. The third kappa shape index (κ3) is 1.43. The molecule has 1 heterocycles. The topological polar surface area (TPSA) is 43.1 Å². The summed E-state index contributed by atoms with van der Waals surface area (Å²) in [5.41, 5.74) is 6.73. The van der Waals surface area contributed by atoms with E-state index in [2.05, 4.69) is 0 Å². The zero-order valence-corrected chi connectivity index (χ0v) is 11.3. The van der Waals surface area contributed by atoms with Gasteiger partial charge in [0.15, 0.2) is 5.78 Å². The molecule has 0 amide bonds. The average molecular weight is 261 g/mol. The van der Waals surface area contributed by atoms with Gasteiger partial charge in [-0.1, -0.05) is 0 Å². The Morgan fingerprint density at radius 3 is 2.17 bits per heavy atom. The molecule has 0 spiro atoms. The number of rotatable bonds is 2. The van der Waals surface area contributed by atoms with Crippen LogP contribution >= 0.6 is 11.3 Å². The van der Waals surface area contributed by atoms with Crippen molar-refractivity contribution in [2.75, 3.05) is 5.73 Å². The Balaban J connectivity index is 1.72. The molecular weight excluding hydrogens is 242 g/mol. The predicted molar refractivity (Wildman–Crippen MR) is 73.7 cm³/mol. The Labute approximate surface area is 112 Å². The van der Waals surface area contributed by atoms with Crippen molar-refractivity contribution in [2.24, 2.45) is 23.2 Å². The molecule has 0 saturated heterocycles. The van der Waals surface area contributed by atoms with Crippen LogP contribution in [0.3, 0.4) is 0 Å². The normalized spacial score (nSPS) is 41.2. The lowest BCUT2D eigenvalue weighted by Gasteiger charge is -2.55. The van der Waals surface area contributed by atoms with Crippen LogP contribution in [0.4, 0.5) is 5.00 Å². The van der Waals surface area contributed by atoms with Crippen LogP contribution in [0.2, 0.25) is 0 Å². The van der Waals surface area contributed by atoms with E-state index in [1.54, 1.807) is 0 Å². The van der Waals surface area contributed by atoms with Crippen molar-refractivity contribution in [3.05, 3.63) is 17.0 Å². The number of nitrogen functional groups attached to an aromatic ring is 1. The molecule has 5 rings (SSSR count). The van der Waals surface area contributed by atoms with Crippen LogP contribution in [0.15, 0.2) is 11.4 Å². The quantitative estimate of drug-likeness (QED) is 0.824. The van der Waals surface area contributed by atoms with E-state index in [1.165, 1.54) is 30.6 Å². The molecule has 0 unspecified atom stereocenters. The molecule has 96 valence electrons. The van der Waals surface area contributed by atoms with Gasteiger partial charge in [0, 0.05) is 5.41 Å². The maximum atomic E-state index is 12.9. The molecule has 2 N–H and O–H groups in total. The van der Waals surface area contributed by atoms with Crippen LogP contribution in [0.5, 0.6) is 0 Å². The second kappa shape index (κ2) is 3.60.